The highest BCUT2D eigenvalue weighted by Crippen LogP contribution is 2.38. The average Bonchev–Trinajstić information content (AvgIpc) is 3.65. The fourth-order valence-electron chi connectivity index (χ4n) is 4.51. The van der Waals surface area contributed by atoms with Crippen LogP contribution in [-0.2, 0) is 27.4 Å². The van der Waals surface area contributed by atoms with Crippen molar-refractivity contribution in [2.75, 3.05) is 13.1 Å². The number of hydrogen-bond acceptors (Lipinski definition) is 4. The van der Waals surface area contributed by atoms with E-state index >= 15 is 0 Å². The van der Waals surface area contributed by atoms with Gasteiger partial charge in [0.15, 0.2) is 0 Å². The third kappa shape index (κ3) is 5.84. The van der Waals surface area contributed by atoms with Gasteiger partial charge in [0.2, 0.25) is 15.9 Å². The Morgan fingerprint density at radius 2 is 1.63 bits per heavy atom. The first-order valence-corrected chi connectivity index (χ1v) is 12.9. The van der Waals surface area contributed by atoms with Crippen molar-refractivity contribution in [2.45, 2.75) is 61.3 Å². The molecule has 190 valence electrons. The molecule has 0 spiro atoms. The predicted octanol–water partition coefficient (Wildman–Crippen LogP) is 3.56. The molecule has 0 radical (unpaired) electrons. The first-order valence-electron chi connectivity index (χ1n) is 11.5. The molecule has 1 aliphatic heterocycles. The Balaban J connectivity index is 1.43. The number of carbonyl (C=O) groups excluding carboxylic acids is 1. The van der Waals surface area contributed by atoms with Gasteiger partial charge < -0.3 is 10.6 Å². The van der Waals surface area contributed by atoms with E-state index in [0.29, 0.717) is 44.8 Å². The molecule has 0 bridgehead atoms. The summed E-state index contributed by atoms with van der Waals surface area (Å²) in [6.07, 6.45) is -2.36. The van der Waals surface area contributed by atoms with Crippen LogP contribution >= 0.6 is 0 Å². The van der Waals surface area contributed by atoms with Crippen LogP contribution in [0.15, 0.2) is 53.4 Å². The summed E-state index contributed by atoms with van der Waals surface area (Å²) >= 11 is 0. The molecule has 2 N–H and O–H groups in total. The molecule has 2 aromatic carbocycles. The van der Waals surface area contributed by atoms with E-state index in [4.69, 9.17) is 5.73 Å². The Morgan fingerprint density at radius 3 is 2.20 bits per heavy atom. The van der Waals surface area contributed by atoms with Gasteiger partial charge in [0.1, 0.15) is 5.82 Å². The molecule has 1 aliphatic carbocycles. The van der Waals surface area contributed by atoms with E-state index in [0.717, 1.165) is 17.7 Å². The Bertz CT molecular complexity index is 1160. The molecule has 1 amide bonds. The number of sulfonamides is 1. The molecule has 35 heavy (non-hydrogen) atoms. The summed E-state index contributed by atoms with van der Waals surface area (Å²) in [6.45, 7) is 0.587. The molecule has 2 aliphatic rings. The molecular formula is C24H27F4N3O3S. The van der Waals surface area contributed by atoms with Crippen molar-refractivity contribution in [2.24, 2.45) is 5.73 Å². The van der Waals surface area contributed by atoms with E-state index in [2.05, 4.69) is 0 Å². The summed E-state index contributed by atoms with van der Waals surface area (Å²) in [5, 5.41) is 0. The summed E-state index contributed by atoms with van der Waals surface area (Å²) in [5.74, 6) is -0.650. The third-order valence-corrected chi connectivity index (χ3v) is 8.47. The SMILES string of the molecule is NC(Cc1ccc(F)cc1)C(=O)N1CCC(N(C2CC2)S(=O)(=O)c2cccc(C(F)(F)F)c2)CC1. The lowest BCUT2D eigenvalue weighted by Crippen LogP contribution is -2.53. The largest absolute Gasteiger partial charge is 0.416 e. The minimum Gasteiger partial charge on any atom is -0.341 e. The Hall–Kier alpha value is -2.50. The van der Waals surface area contributed by atoms with Gasteiger partial charge in [0.05, 0.1) is 16.5 Å². The third-order valence-electron chi connectivity index (χ3n) is 6.47. The fourth-order valence-corrected chi connectivity index (χ4v) is 6.49. The number of amides is 1. The van der Waals surface area contributed by atoms with Crippen molar-refractivity contribution in [3.05, 3.63) is 65.5 Å². The highest BCUT2D eigenvalue weighted by Gasteiger charge is 2.44. The minimum atomic E-state index is -4.64. The first-order chi connectivity index (χ1) is 16.5. The first kappa shape index (κ1) is 25.6. The number of piperidine rings is 1. The zero-order chi connectivity index (χ0) is 25.4. The standard InChI is InChI=1S/C24H27F4N3O3S/c25-18-6-4-16(5-7-18)14-22(29)23(32)30-12-10-20(11-13-30)31(19-8-9-19)35(33,34)21-3-1-2-17(15-21)24(26,27)28/h1-7,15,19-20,22H,8-14,29H2. The van der Waals surface area contributed by atoms with Gasteiger partial charge >= 0.3 is 6.18 Å². The molecule has 2 aromatic rings. The quantitative estimate of drug-likeness (QED) is 0.574. The molecular weight excluding hydrogens is 486 g/mol. The van der Waals surface area contributed by atoms with Crippen molar-refractivity contribution < 1.29 is 30.8 Å². The van der Waals surface area contributed by atoms with Crippen LogP contribution in [0.4, 0.5) is 17.6 Å². The van der Waals surface area contributed by atoms with Crippen molar-refractivity contribution >= 4 is 15.9 Å². The molecule has 1 heterocycles. The zero-order valence-corrected chi connectivity index (χ0v) is 19.7. The number of alkyl halides is 3. The van der Waals surface area contributed by atoms with Crippen molar-refractivity contribution in [1.82, 2.24) is 9.21 Å². The van der Waals surface area contributed by atoms with Gasteiger partial charge in [0, 0.05) is 25.2 Å². The molecule has 1 unspecified atom stereocenters. The second-order valence-electron chi connectivity index (χ2n) is 9.09. The molecule has 1 atom stereocenters. The van der Waals surface area contributed by atoms with Gasteiger partial charge in [0.25, 0.3) is 0 Å². The highest BCUT2D eigenvalue weighted by molar-refractivity contribution is 7.89. The average molecular weight is 514 g/mol. The van der Waals surface area contributed by atoms with Gasteiger partial charge in [-0.15, -0.1) is 0 Å². The van der Waals surface area contributed by atoms with E-state index in [1.165, 1.54) is 22.5 Å². The van der Waals surface area contributed by atoms with Crippen molar-refractivity contribution in [1.29, 1.82) is 0 Å². The number of halogens is 4. The summed E-state index contributed by atoms with van der Waals surface area (Å²) in [5.41, 5.74) is 5.80. The molecule has 6 nitrogen and oxygen atoms in total. The highest BCUT2D eigenvalue weighted by atomic mass is 32.2. The van der Waals surface area contributed by atoms with Gasteiger partial charge in [-0.2, -0.15) is 17.5 Å². The lowest BCUT2D eigenvalue weighted by molar-refractivity contribution is -0.137. The minimum absolute atomic E-state index is 0.247. The van der Waals surface area contributed by atoms with Crippen LogP contribution in [0.5, 0.6) is 0 Å². The number of nitrogens with two attached hydrogens (primary N) is 1. The van der Waals surface area contributed by atoms with Gasteiger partial charge in [-0.3, -0.25) is 4.79 Å². The van der Waals surface area contributed by atoms with Crippen LogP contribution < -0.4 is 5.73 Å². The topological polar surface area (TPSA) is 83.7 Å². The smallest absolute Gasteiger partial charge is 0.341 e. The van der Waals surface area contributed by atoms with Crippen LogP contribution in [0.1, 0.15) is 36.8 Å². The van der Waals surface area contributed by atoms with Gasteiger partial charge in [-0.05, 0) is 68.0 Å². The molecule has 0 aromatic heterocycles. The Labute approximate surface area is 201 Å². The number of likely N-dealkylation sites (tertiary alicyclic amines) is 1. The van der Waals surface area contributed by atoms with E-state index in [9.17, 15) is 30.8 Å². The maximum Gasteiger partial charge on any atom is 0.416 e. The monoisotopic (exact) mass is 513 g/mol. The summed E-state index contributed by atoms with van der Waals surface area (Å²) in [6, 6.07) is 8.08. The van der Waals surface area contributed by atoms with E-state index in [1.54, 1.807) is 17.0 Å². The Morgan fingerprint density at radius 1 is 1.03 bits per heavy atom. The van der Waals surface area contributed by atoms with E-state index in [-0.39, 0.29) is 29.1 Å². The predicted molar refractivity (Wildman–Crippen MR) is 121 cm³/mol. The maximum atomic E-state index is 13.4. The second kappa shape index (κ2) is 9.87. The normalized spacial score (nSPS) is 18.6. The van der Waals surface area contributed by atoms with Crippen LogP contribution in [0, 0.1) is 5.82 Å². The number of hydrogen-bond donors (Lipinski definition) is 1. The van der Waals surface area contributed by atoms with Gasteiger partial charge in [-0.25, -0.2) is 12.8 Å². The van der Waals surface area contributed by atoms with Gasteiger partial charge in [-0.1, -0.05) is 18.2 Å². The lowest BCUT2D eigenvalue weighted by atomic mass is 10.0. The molecule has 11 heteroatoms. The fraction of sp³-hybridized carbons (Fsp3) is 0.458. The summed E-state index contributed by atoms with van der Waals surface area (Å²) < 4.78 is 80.6. The van der Waals surface area contributed by atoms with Crippen LogP contribution in [-0.4, -0.2) is 54.7 Å². The Kier molecular flexibility index (Phi) is 7.21. The number of nitrogens with zero attached hydrogens (tertiary/aromatic N) is 2. The lowest BCUT2D eigenvalue weighted by Gasteiger charge is -2.38. The van der Waals surface area contributed by atoms with Crippen molar-refractivity contribution in [3.8, 4) is 0 Å². The number of rotatable bonds is 7. The van der Waals surface area contributed by atoms with E-state index in [1.807, 2.05) is 0 Å². The van der Waals surface area contributed by atoms with Crippen molar-refractivity contribution in [3.63, 3.8) is 0 Å². The number of benzene rings is 2. The molecule has 1 saturated carbocycles. The molecule has 2 fully saturated rings. The summed E-state index contributed by atoms with van der Waals surface area (Å²) in [4.78, 5) is 14.0. The van der Waals surface area contributed by atoms with Crippen LogP contribution in [0.2, 0.25) is 0 Å². The number of carbonyl (C=O) groups is 1. The molecule has 4 rings (SSSR count). The summed E-state index contributed by atoms with van der Waals surface area (Å²) in [7, 11) is -4.14. The maximum absolute atomic E-state index is 13.4. The van der Waals surface area contributed by atoms with Crippen LogP contribution in [0.3, 0.4) is 0 Å². The van der Waals surface area contributed by atoms with Crippen LogP contribution in [0.25, 0.3) is 0 Å². The molecule has 1 saturated heterocycles. The second-order valence-corrected chi connectivity index (χ2v) is 10.9. The zero-order valence-electron chi connectivity index (χ0n) is 18.9. The van der Waals surface area contributed by atoms with E-state index < -0.39 is 33.8 Å².